The molecule has 0 spiro atoms. The van der Waals surface area contributed by atoms with Gasteiger partial charge in [-0.05, 0) is 60.3 Å². The van der Waals surface area contributed by atoms with Gasteiger partial charge < -0.3 is 20.9 Å². The van der Waals surface area contributed by atoms with Crippen molar-refractivity contribution in [1.82, 2.24) is 4.57 Å². The molecule has 2 heterocycles. The minimum absolute atomic E-state index is 0.155. The normalized spacial score (nSPS) is 10.9. The number of anilines is 1. The number of aromatic hydroxyl groups is 1. The first-order valence-electron chi connectivity index (χ1n) is 10.7. The number of amides is 2. The third-order valence-electron chi connectivity index (χ3n) is 5.28. The smallest absolute Gasteiger partial charge is 0.326 e. The number of benzene rings is 2. The molecule has 0 radical (unpaired) electrons. The molecule has 8 nitrogen and oxygen atoms in total. The maximum atomic E-state index is 13.1. The molecule has 2 aromatic carbocycles. The largest absolute Gasteiger partial charge is 0.494 e. The van der Waals surface area contributed by atoms with Crippen molar-refractivity contribution in [3.63, 3.8) is 0 Å². The number of carbonyl (C=O) groups excluding carboxylic acids is 3. The monoisotopic (exact) mass is 477 g/mol. The Balaban J connectivity index is 1.68. The SMILES string of the molecule is CCCCOc1ccc(NC(=O)c2c(O)n(C(N)=O)c3ccc(C(=O)c4cccs4)cc23)cc1. The molecule has 0 unspecified atom stereocenters. The predicted molar refractivity (Wildman–Crippen MR) is 131 cm³/mol. The van der Waals surface area contributed by atoms with Crippen molar-refractivity contribution in [2.24, 2.45) is 5.73 Å². The van der Waals surface area contributed by atoms with Crippen molar-refractivity contribution in [1.29, 1.82) is 0 Å². The lowest BCUT2D eigenvalue weighted by Crippen LogP contribution is -2.19. The number of hydrogen-bond donors (Lipinski definition) is 3. The molecule has 0 aliphatic heterocycles. The Morgan fingerprint density at radius 2 is 1.88 bits per heavy atom. The van der Waals surface area contributed by atoms with E-state index in [1.54, 1.807) is 41.8 Å². The van der Waals surface area contributed by atoms with Crippen LogP contribution in [0, 0.1) is 0 Å². The fourth-order valence-electron chi connectivity index (χ4n) is 3.58. The number of unbranched alkanes of at least 4 members (excludes halogenated alkanes) is 1. The van der Waals surface area contributed by atoms with E-state index in [9.17, 15) is 19.5 Å². The van der Waals surface area contributed by atoms with Crippen molar-refractivity contribution < 1.29 is 24.2 Å². The Morgan fingerprint density at radius 3 is 2.53 bits per heavy atom. The highest BCUT2D eigenvalue weighted by molar-refractivity contribution is 7.12. The fraction of sp³-hybridized carbons (Fsp3) is 0.160. The second-order valence-electron chi connectivity index (χ2n) is 7.59. The Hall–Kier alpha value is -4.11. The van der Waals surface area contributed by atoms with Gasteiger partial charge in [0.1, 0.15) is 11.3 Å². The van der Waals surface area contributed by atoms with Gasteiger partial charge in [0.25, 0.3) is 5.91 Å². The molecule has 4 N–H and O–H groups in total. The molecule has 0 aliphatic carbocycles. The highest BCUT2D eigenvalue weighted by atomic mass is 32.1. The molecule has 174 valence electrons. The van der Waals surface area contributed by atoms with Crippen LogP contribution in [-0.4, -0.2) is 34.0 Å². The van der Waals surface area contributed by atoms with Gasteiger partial charge >= 0.3 is 6.03 Å². The van der Waals surface area contributed by atoms with Gasteiger partial charge in [0.15, 0.2) is 0 Å². The first-order chi connectivity index (χ1) is 16.4. The van der Waals surface area contributed by atoms with Crippen molar-refractivity contribution >= 4 is 45.6 Å². The quantitative estimate of drug-likeness (QED) is 0.243. The lowest BCUT2D eigenvalue weighted by atomic mass is 10.0. The van der Waals surface area contributed by atoms with Crippen LogP contribution in [0.25, 0.3) is 10.9 Å². The van der Waals surface area contributed by atoms with Gasteiger partial charge in [-0.25, -0.2) is 9.36 Å². The second-order valence-corrected chi connectivity index (χ2v) is 8.54. The molecule has 0 saturated carbocycles. The summed E-state index contributed by atoms with van der Waals surface area (Å²) in [5.74, 6) is -0.798. The minimum Gasteiger partial charge on any atom is -0.494 e. The van der Waals surface area contributed by atoms with Crippen molar-refractivity contribution in [2.45, 2.75) is 19.8 Å². The van der Waals surface area contributed by atoms with Crippen molar-refractivity contribution in [2.75, 3.05) is 11.9 Å². The molecule has 0 fully saturated rings. The third kappa shape index (κ3) is 4.51. The van der Waals surface area contributed by atoms with E-state index in [1.165, 1.54) is 29.5 Å². The number of carbonyl (C=O) groups is 3. The second kappa shape index (κ2) is 9.80. The lowest BCUT2D eigenvalue weighted by Gasteiger charge is -2.08. The summed E-state index contributed by atoms with van der Waals surface area (Å²) in [6.45, 7) is 2.68. The molecule has 0 saturated heterocycles. The summed E-state index contributed by atoms with van der Waals surface area (Å²) in [4.78, 5) is 38.5. The number of nitrogens with zero attached hydrogens (tertiary/aromatic N) is 1. The molecule has 2 amide bonds. The zero-order chi connectivity index (χ0) is 24.2. The predicted octanol–water partition coefficient (Wildman–Crippen LogP) is 5.00. The summed E-state index contributed by atoms with van der Waals surface area (Å²) in [6, 6.07) is 13.8. The summed E-state index contributed by atoms with van der Waals surface area (Å²) in [7, 11) is 0. The summed E-state index contributed by atoms with van der Waals surface area (Å²) < 4.78 is 6.47. The van der Waals surface area contributed by atoms with E-state index in [1.807, 2.05) is 0 Å². The number of aromatic nitrogens is 1. The van der Waals surface area contributed by atoms with Crippen LogP contribution in [0.2, 0.25) is 0 Å². The van der Waals surface area contributed by atoms with Crippen LogP contribution in [0.3, 0.4) is 0 Å². The Kier molecular flexibility index (Phi) is 6.65. The Labute approximate surface area is 199 Å². The molecule has 2 aromatic heterocycles. The van der Waals surface area contributed by atoms with Gasteiger partial charge in [0, 0.05) is 16.6 Å². The Morgan fingerprint density at radius 1 is 1.12 bits per heavy atom. The van der Waals surface area contributed by atoms with Crippen molar-refractivity contribution in [3.8, 4) is 11.6 Å². The number of fused-ring (bicyclic) bond motifs is 1. The van der Waals surface area contributed by atoms with Gasteiger partial charge in [-0.3, -0.25) is 9.59 Å². The van der Waals surface area contributed by atoms with Crippen LogP contribution in [0.4, 0.5) is 10.5 Å². The van der Waals surface area contributed by atoms with Crippen LogP contribution in [0.1, 0.15) is 45.4 Å². The molecular formula is C25H23N3O5S. The van der Waals surface area contributed by atoms with E-state index >= 15 is 0 Å². The number of nitrogens with one attached hydrogen (secondary N) is 1. The molecule has 4 aromatic rings. The molecule has 34 heavy (non-hydrogen) atoms. The molecule has 0 aliphatic rings. The maximum Gasteiger partial charge on any atom is 0.326 e. The van der Waals surface area contributed by atoms with Gasteiger partial charge in [0.05, 0.1) is 17.0 Å². The van der Waals surface area contributed by atoms with Crippen LogP contribution in [0.15, 0.2) is 60.0 Å². The van der Waals surface area contributed by atoms with E-state index in [4.69, 9.17) is 10.5 Å². The molecule has 0 bridgehead atoms. The number of hydrogen-bond acceptors (Lipinski definition) is 6. The van der Waals surface area contributed by atoms with E-state index < -0.39 is 17.8 Å². The molecule has 0 atom stereocenters. The van der Waals surface area contributed by atoms with Gasteiger partial charge in [-0.2, -0.15) is 0 Å². The zero-order valence-electron chi connectivity index (χ0n) is 18.4. The Bertz CT molecular complexity index is 1360. The number of primary amides is 1. The van der Waals surface area contributed by atoms with Crippen LogP contribution >= 0.6 is 11.3 Å². The zero-order valence-corrected chi connectivity index (χ0v) is 19.2. The number of thiophene rings is 1. The van der Waals surface area contributed by atoms with Gasteiger partial charge in [-0.15, -0.1) is 11.3 Å². The van der Waals surface area contributed by atoms with Gasteiger partial charge in [0.2, 0.25) is 11.7 Å². The lowest BCUT2D eigenvalue weighted by molar-refractivity contribution is 0.102. The molecular weight excluding hydrogens is 454 g/mol. The third-order valence-corrected chi connectivity index (χ3v) is 6.14. The number of nitrogens with two attached hydrogens (primary N) is 1. The molecule has 4 rings (SSSR count). The molecule has 9 heteroatoms. The number of ether oxygens (including phenoxy) is 1. The number of rotatable bonds is 8. The standard InChI is InChI=1S/C25H23N3O5S/c1-2-3-12-33-17-9-7-16(8-10-17)27-23(30)21-18-14-15(22(29)20-5-4-13-34-20)6-11-19(18)28(24(21)31)25(26)32/h4-11,13-14,31H,2-3,12H2,1H3,(H2,26,32)(H,27,30). The van der Waals surface area contributed by atoms with E-state index in [-0.39, 0.29) is 22.2 Å². The summed E-state index contributed by atoms with van der Waals surface area (Å²) in [6.07, 6.45) is 1.97. The van der Waals surface area contributed by atoms with Crippen LogP contribution < -0.4 is 15.8 Å². The summed E-state index contributed by atoms with van der Waals surface area (Å²) in [5, 5.41) is 15.4. The highest BCUT2D eigenvalue weighted by Crippen LogP contribution is 2.33. The first kappa shape index (κ1) is 23.1. The topological polar surface area (TPSA) is 124 Å². The van der Waals surface area contributed by atoms with E-state index in [0.29, 0.717) is 28.5 Å². The average molecular weight is 478 g/mol. The van der Waals surface area contributed by atoms with Gasteiger partial charge in [-0.1, -0.05) is 19.4 Å². The number of ketones is 1. The summed E-state index contributed by atoms with van der Waals surface area (Å²) >= 11 is 1.30. The van der Waals surface area contributed by atoms with Crippen LogP contribution in [0.5, 0.6) is 11.6 Å². The minimum atomic E-state index is -0.951. The van der Waals surface area contributed by atoms with Crippen LogP contribution in [-0.2, 0) is 0 Å². The van der Waals surface area contributed by atoms with E-state index in [0.717, 1.165) is 17.4 Å². The van der Waals surface area contributed by atoms with E-state index in [2.05, 4.69) is 12.2 Å². The van der Waals surface area contributed by atoms with Crippen molar-refractivity contribution in [3.05, 3.63) is 76.0 Å². The fourth-order valence-corrected chi connectivity index (χ4v) is 4.26. The highest BCUT2D eigenvalue weighted by Gasteiger charge is 2.26. The summed E-state index contributed by atoms with van der Waals surface area (Å²) in [5.41, 5.74) is 6.30. The average Bonchev–Trinajstić information content (AvgIpc) is 3.45. The first-order valence-corrected chi connectivity index (χ1v) is 11.6. The maximum absolute atomic E-state index is 13.1.